The Bertz CT molecular complexity index is 583. The highest BCUT2D eigenvalue weighted by atomic mass is 35.5. The van der Waals surface area contributed by atoms with Crippen molar-refractivity contribution in [2.45, 2.75) is 13.0 Å². The van der Waals surface area contributed by atoms with Crippen LogP contribution in [0.1, 0.15) is 28.2 Å². The number of carbonyl (C=O) groups excluding carboxylic acids is 1. The number of rotatable bonds is 3. The van der Waals surface area contributed by atoms with E-state index in [2.05, 4.69) is 0 Å². The zero-order valence-corrected chi connectivity index (χ0v) is 12.3. The van der Waals surface area contributed by atoms with Crippen molar-refractivity contribution in [2.75, 3.05) is 12.8 Å². The number of halogens is 1. The molecular weight excluding hydrogens is 280 g/mol. The summed E-state index contributed by atoms with van der Waals surface area (Å²) in [5.74, 6) is -0.127. The van der Waals surface area contributed by atoms with E-state index in [-0.39, 0.29) is 11.9 Å². The summed E-state index contributed by atoms with van der Waals surface area (Å²) >= 11 is 7.69. The second kappa shape index (κ2) is 5.63. The van der Waals surface area contributed by atoms with Crippen molar-refractivity contribution < 1.29 is 4.79 Å². The Morgan fingerprint density at radius 2 is 2.16 bits per heavy atom. The van der Waals surface area contributed by atoms with Crippen LogP contribution in [-0.4, -0.2) is 17.9 Å². The van der Waals surface area contributed by atoms with E-state index in [4.69, 9.17) is 17.3 Å². The van der Waals surface area contributed by atoms with Gasteiger partial charge in [0.25, 0.3) is 5.91 Å². The Morgan fingerprint density at radius 1 is 1.42 bits per heavy atom. The number of nitrogen functional groups attached to an aromatic ring is 1. The first-order chi connectivity index (χ1) is 9.00. The predicted molar refractivity (Wildman–Crippen MR) is 80.7 cm³/mol. The summed E-state index contributed by atoms with van der Waals surface area (Å²) in [5.41, 5.74) is 6.68. The normalized spacial score (nSPS) is 12.2. The molecule has 0 aliphatic heterocycles. The average Bonchev–Trinajstić information content (AvgIpc) is 2.93. The van der Waals surface area contributed by atoms with Crippen LogP contribution < -0.4 is 5.73 Å². The van der Waals surface area contributed by atoms with Gasteiger partial charge in [0.15, 0.2) is 0 Å². The third kappa shape index (κ3) is 2.91. The van der Waals surface area contributed by atoms with E-state index in [1.165, 1.54) is 0 Å². The molecule has 0 spiro atoms. The molecule has 2 rings (SSSR count). The molecule has 5 heteroatoms. The van der Waals surface area contributed by atoms with E-state index in [1.54, 1.807) is 41.5 Å². The molecule has 0 saturated carbocycles. The first-order valence-corrected chi connectivity index (χ1v) is 7.12. The van der Waals surface area contributed by atoms with Crippen molar-refractivity contribution in [1.29, 1.82) is 0 Å². The molecule has 1 unspecified atom stereocenters. The van der Waals surface area contributed by atoms with Crippen LogP contribution in [0.4, 0.5) is 5.69 Å². The molecular formula is C14H15ClN2OS. The molecule has 0 bridgehead atoms. The number of hydrogen-bond donors (Lipinski definition) is 1. The summed E-state index contributed by atoms with van der Waals surface area (Å²) in [6, 6.07) is 8.94. The monoisotopic (exact) mass is 294 g/mol. The first kappa shape index (κ1) is 13.9. The molecule has 0 aliphatic carbocycles. The summed E-state index contributed by atoms with van der Waals surface area (Å²) in [6.07, 6.45) is 0. The van der Waals surface area contributed by atoms with Crippen molar-refractivity contribution in [1.82, 2.24) is 4.90 Å². The van der Waals surface area contributed by atoms with E-state index < -0.39 is 0 Å². The molecule has 0 aliphatic rings. The van der Waals surface area contributed by atoms with Gasteiger partial charge in [-0.1, -0.05) is 17.7 Å². The smallest absolute Gasteiger partial charge is 0.255 e. The van der Waals surface area contributed by atoms with Gasteiger partial charge in [-0.05, 0) is 36.6 Å². The molecule has 19 heavy (non-hydrogen) atoms. The Labute approximate surface area is 121 Å². The number of nitrogens with zero attached hydrogens (tertiary/aromatic N) is 1. The highest BCUT2D eigenvalue weighted by Crippen LogP contribution is 2.27. The maximum Gasteiger partial charge on any atom is 0.255 e. The van der Waals surface area contributed by atoms with Gasteiger partial charge in [-0.3, -0.25) is 4.79 Å². The lowest BCUT2D eigenvalue weighted by Crippen LogP contribution is -2.29. The third-order valence-electron chi connectivity index (χ3n) is 3.08. The minimum Gasteiger partial charge on any atom is -0.399 e. The summed E-state index contributed by atoms with van der Waals surface area (Å²) < 4.78 is 0. The van der Waals surface area contributed by atoms with E-state index in [1.807, 2.05) is 24.4 Å². The Kier molecular flexibility index (Phi) is 4.12. The van der Waals surface area contributed by atoms with Gasteiger partial charge in [0, 0.05) is 17.6 Å². The number of benzene rings is 1. The van der Waals surface area contributed by atoms with Gasteiger partial charge in [-0.2, -0.15) is 0 Å². The summed E-state index contributed by atoms with van der Waals surface area (Å²) in [7, 11) is 1.77. The van der Waals surface area contributed by atoms with Gasteiger partial charge in [-0.25, -0.2) is 0 Å². The number of hydrogen-bond acceptors (Lipinski definition) is 3. The van der Waals surface area contributed by atoms with Gasteiger partial charge in [0.2, 0.25) is 0 Å². The third-order valence-corrected chi connectivity index (χ3v) is 4.45. The van der Waals surface area contributed by atoms with Crippen LogP contribution in [0, 0.1) is 0 Å². The largest absolute Gasteiger partial charge is 0.399 e. The molecule has 0 saturated heterocycles. The molecule has 2 aromatic rings. The Hall–Kier alpha value is -1.52. The molecule has 1 aromatic heterocycles. The van der Waals surface area contributed by atoms with Crippen LogP contribution in [0.2, 0.25) is 5.02 Å². The lowest BCUT2D eigenvalue weighted by molar-refractivity contribution is 0.0745. The maximum atomic E-state index is 12.4. The average molecular weight is 295 g/mol. The van der Waals surface area contributed by atoms with Crippen molar-refractivity contribution in [3.05, 3.63) is 51.2 Å². The second-order valence-corrected chi connectivity index (χ2v) is 5.73. The molecule has 1 heterocycles. The van der Waals surface area contributed by atoms with Gasteiger partial charge < -0.3 is 10.6 Å². The van der Waals surface area contributed by atoms with Crippen molar-refractivity contribution in [3.8, 4) is 0 Å². The zero-order chi connectivity index (χ0) is 14.0. The lowest BCUT2D eigenvalue weighted by atomic mass is 10.1. The molecule has 3 nitrogen and oxygen atoms in total. The zero-order valence-electron chi connectivity index (χ0n) is 10.8. The van der Waals surface area contributed by atoms with Crippen molar-refractivity contribution in [3.63, 3.8) is 0 Å². The van der Waals surface area contributed by atoms with Crippen LogP contribution in [0.5, 0.6) is 0 Å². The fourth-order valence-electron chi connectivity index (χ4n) is 1.79. The highest BCUT2D eigenvalue weighted by Gasteiger charge is 2.21. The van der Waals surface area contributed by atoms with Crippen LogP contribution in [-0.2, 0) is 0 Å². The predicted octanol–water partition coefficient (Wildman–Crippen LogP) is 3.82. The SMILES string of the molecule is CC(c1cccs1)N(C)C(=O)c1cc(N)ccc1Cl. The molecule has 1 atom stereocenters. The van der Waals surface area contributed by atoms with Gasteiger partial charge >= 0.3 is 0 Å². The van der Waals surface area contributed by atoms with Crippen LogP contribution >= 0.6 is 22.9 Å². The van der Waals surface area contributed by atoms with E-state index >= 15 is 0 Å². The summed E-state index contributed by atoms with van der Waals surface area (Å²) in [6.45, 7) is 1.99. The quantitative estimate of drug-likeness (QED) is 0.875. The fourth-order valence-corrected chi connectivity index (χ4v) is 2.82. The number of carbonyl (C=O) groups is 1. The van der Waals surface area contributed by atoms with Gasteiger partial charge in [0.05, 0.1) is 16.6 Å². The van der Waals surface area contributed by atoms with Crippen molar-refractivity contribution in [2.24, 2.45) is 0 Å². The fraction of sp³-hybridized carbons (Fsp3) is 0.214. The topological polar surface area (TPSA) is 46.3 Å². The summed E-state index contributed by atoms with van der Waals surface area (Å²) in [4.78, 5) is 15.3. The minimum atomic E-state index is -0.127. The molecule has 0 radical (unpaired) electrons. The lowest BCUT2D eigenvalue weighted by Gasteiger charge is -2.24. The second-order valence-electron chi connectivity index (χ2n) is 4.35. The van der Waals surface area contributed by atoms with Crippen molar-refractivity contribution >= 4 is 34.5 Å². The van der Waals surface area contributed by atoms with E-state index in [0.29, 0.717) is 16.3 Å². The molecule has 1 aromatic carbocycles. The first-order valence-electron chi connectivity index (χ1n) is 5.86. The standard InChI is InChI=1S/C14H15ClN2OS/c1-9(13-4-3-7-19-13)17(2)14(18)11-8-10(16)5-6-12(11)15/h3-9H,16H2,1-2H3. The minimum absolute atomic E-state index is 0.00463. The molecule has 0 fully saturated rings. The Balaban J connectivity index is 2.26. The van der Waals surface area contributed by atoms with Gasteiger partial charge in [-0.15, -0.1) is 11.3 Å². The molecule has 1 amide bonds. The van der Waals surface area contributed by atoms with Gasteiger partial charge in [0.1, 0.15) is 0 Å². The van der Waals surface area contributed by atoms with E-state index in [9.17, 15) is 4.79 Å². The van der Waals surface area contributed by atoms with E-state index in [0.717, 1.165) is 4.88 Å². The van der Waals surface area contributed by atoms with Crippen LogP contribution in [0.25, 0.3) is 0 Å². The number of amides is 1. The molecule has 100 valence electrons. The summed E-state index contributed by atoms with van der Waals surface area (Å²) in [5, 5.41) is 2.42. The number of thiophene rings is 1. The number of anilines is 1. The van der Waals surface area contributed by atoms with Crippen LogP contribution in [0.3, 0.4) is 0 Å². The highest BCUT2D eigenvalue weighted by molar-refractivity contribution is 7.10. The Morgan fingerprint density at radius 3 is 2.79 bits per heavy atom. The van der Waals surface area contributed by atoms with Crippen LogP contribution in [0.15, 0.2) is 35.7 Å². The molecule has 2 N–H and O–H groups in total. The maximum absolute atomic E-state index is 12.4. The number of nitrogens with two attached hydrogens (primary N) is 1.